The minimum Gasteiger partial charge on any atom is -1.00 e. The van der Waals surface area contributed by atoms with Crippen molar-refractivity contribution in [3.8, 4) is 0 Å². The summed E-state index contributed by atoms with van der Waals surface area (Å²) in [5.74, 6) is 0. The van der Waals surface area contributed by atoms with Crippen molar-refractivity contribution in [3.63, 3.8) is 0 Å². The monoisotopic (exact) mass is 380 g/mol. The molecule has 1 aromatic rings. The fourth-order valence-electron chi connectivity index (χ4n) is 0.609. The SMILES string of the molecule is Cc1cccc[n+]1C.I.N.[I-]. The summed E-state index contributed by atoms with van der Waals surface area (Å²) >= 11 is 0. The first-order valence-corrected chi connectivity index (χ1v) is 2.72. The quantitative estimate of drug-likeness (QED) is 0.437. The Morgan fingerprint density at radius 2 is 1.82 bits per heavy atom. The zero-order chi connectivity index (χ0) is 5.98. The van der Waals surface area contributed by atoms with E-state index in [0.717, 1.165) is 0 Å². The van der Waals surface area contributed by atoms with Crippen LogP contribution in [0.4, 0.5) is 0 Å². The molecule has 1 aromatic heterocycles. The highest BCUT2D eigenvalue weighted by Crippen LogP contribution is 1.83. The van der Waals surface area contributed by atoms with Crippen LogP contribution < -0.4 is 34.7 Å². The van der Waals surface area contributed by atoms with Gasteiger partial charge in [0.15, 0.2) is 11.9 Å². The zero-order valence-electron chi connectivity index (χ0n) is 6.75. The van der Waals surface area contributed by atoms with Gasteiger partial charge in [0, 0.05) is 19.1 Å². The Morgan fingerprint density at radius 3 is 2.09 bits per heavy atom. The van der Waals surface area contributed by atoms with Gasteiger partial charge in [-0.15, -0.1) is 24.0 Å². The Kier molecular flexibility index (Phi) is 13.9. The van der Waals surface area contributed by atoms with Gasteiger partial charge in [0.05, 0.1) is 0 Å². The summed E-state index contributed by atoms with van der Waals surface area (Å²) in [6.07, 6.45) is 2.04. The van der Waals surface area contributed by atoms with E-state index in [1.54, 1.807) is 0 Å². The molecule has 0 radical (unpaired) electrons. The minimum absolute atomic E-state index is 0. The lowest BCUT2D eigenvalue weighted by Crippen LogP contribution is -3.00. The molecule has 1 rings (SSSR count). The van der Waals surface area contributed by atoms with Gasteiger partial charge in [-0.3, -0.25) is 0 Å². The molecule has 0 spiro atoms. The van der Waals surface area contributed by atoms with Crippen molar-refractivity contribution in [2.75, 3.05) is 0 Å². The summed E-state index contributed by atoms with van der Waals surface area (Å²) in [5.41, 5.74) is 1.28. The van der Waals surface area contributed by atoms with Crippen LogP contribution in [0, 0.1) is 6.92 Å². The number of hydrogen-bond donors (Lipinski definition) is 1. The molecule has 0 aromatic carbocycles. The second-order valence-electron chi connectivity index (χ2n) is 1.95. The predicted molar refractivity (Wildman–Crippen MR) is 52.8 cm³/mol. The average Bonchev–Trinajstić information content (AvgIpc) is 1.77. The van der Waals surface area contributed by atoms with E-state index in [0.29, 0.717) is 0 Å². The molecule has 0 aliphatic heterocycles. The highest BCUT2D eigenvalue weighted by Gasteiger charge is 1.91. The van der Waals surface area contributed by atoms with Crippen LogP contribution in [0.1, 0.15) is 5.69 Å². The van der Waals surface area contributed by atoms with Crippen LogP contribution in [-0.2, 0) is 7.05 Å². The molecule has 0 unspecified atom stereocenters. The highest BCUT2D eigenvalue weighted by molar-refractivity contribution is 14.0. The third kappa shape index (κ3) is 5.80. The molecule has 0 atom stereocenters. The molecule has 0 fully saturated rings. The van der Waals surface area contributed by atoms with Gasteiger partial charge in [-0.05, 0) is 0 Å². The second-order valence-corrected chi connectivity index (χ2v) is 1.95. The van der Waals surface area contributed by atoms with Crippen molar-refractivity contribution >= 4 is 24.0 Å². The fraction of sp³-hybridized carbons (Fsp3) is 0.286. The van der Waals surface area contributed by atoms with Gasteiger partial charge in [0.1, 0.15) is 7.05 Å². The van der Waals surface area contributed by atoms with E-state index < -0.39 is 0 Å². The van der Waals surface area contributed by atoms with E-state index in [-0.39, 0.29) is 54.1 Å². The van der Waals surface area contributed by atoms with E-state index in [2.05, 4.69) is 17.6 Å². The molecular weight excluding hydrogens is 366 g/mol. The van der Waals surface area contributed by atoms with Crippen LogP contribution in [-0.4, -0.2) is 0 Å². The van der Waals surface area contributed by atoms with Crippen molar-refractivity contribution in [2.45, 2.75) is 6.92 Å². The summed E-state index contributed by atoms with van der Waals surface area (Å²) in [6.45, 7) is 2.08. The maximum Gasteiger partial charge on any atom is 0.177 e. The molecule has 0 saturated carbocycles. The van der Waals surface area contributed by atoms with E-state index in [9.17, 15) is 0 Å². The summed E-state index contributed by atoms with van der Waals surface area (Å²) in [7, 11) is 2.04. The standard InChI is InChI=1S/C7H10N.2HI.H3N/c1-7-5-3-4-6-8(7)2;;;/h3-6H,1-2H3;2*1H;1H3/q+1;;;/p-1. The van der Waals surface area contributed by atoms with Crippen molar-refractivity contribution in [1.29, 1.82) is 0 Å². The first-order chi connectivity index (χ1) is 3.80. The van der Waals surface area contributed by atoms with Gasteiger partial charge in [-0.2, -0.15) is 0 Å². The van der Waals surface area contributed by atoms with Gasteiger partial charge in [-0.1, -0.05) is 6.07 Å². The maximum absolute atomic E-state index is 2.08. The van der Waals surface area contributed by atoms with Crippen LogP contribution in [0.3, 0.4) is 0 Å². The molecule has 0 amide bonds. The third-order valence-electron chi connectivity index (χ3n) is 1.31. The van der Waals surface area contributed by atoms with Gasteiger partial charge >= 0.3 is 0 Å². The fourth-order valence-corrected chi connectivity index (χ4v) is 0.609. The molecule has 66 valence electrons. The maximum atomic E-state index is 2.08. The van der Waals surface area contributed by atoms with Crippen LogP contribution in [0.15, 0.2) is 24.4 Å². The minimum atomic E-state index is 0. The molecule has 0 saturated heterocycles. The topological polar surface area (TPSA) is 38.9 Å². The molecule has 4 heteroatoms. The summed E-state index contributed by atoms with van der Waals surface area (Å²) in [6, 6.07) is 6.14. The van der Waals surface area contributed by atoms with E-state index in [1.165, 1.54) is 5.69 Å². The second kappa shape index (κ2) is 8.66. The molecule has 0 aliphatic carbocycles. The molecule has 0 bridgehead atoms. The molecule has 1 heterocycles. The molecule has 2 nitrogen and oxygen atoms in total. The first-order valence-electron chi connectivity index (χ1n) is 2.72. The van der Waals surface area contributed by atoms with Crippen molar-refractivity contribution < 1.29 is 28.5 Å². The number of rotatable bonds is 0. The van der Waals surface area contributed by atoms with E-state index >= 15 is 0 Å². The molecular formula is C7H14I2N2. The highest BCUT2D eigenvalue weighted by atomic mass is 127. The number of hydrogen-bond acceptors (Lipinski definition) is 1. The van der Waals surface area contributed by atoms with Crippen LogP contribution >= 0.6 is 24.0 Å². The predicted octanol–water partition coefficient (Wildman–Crippen LogP) is -1.40. The molecule has 0 aliphatic rings. The van der Waals surface area contributed by atoms with Gasteiger partial charge in [0.25, 0.3) is 0 Å². The van der Waals surface area contributed by atoms with Gasteiger partial charge < -0.3 is 30.1 Å². The third-order valence-corrected chi connectivity index (χ3v) is 1.31. The summed E-state index contributed by atoms with van der Waals surface area (Å²) in [4.78, 5) is 0. The number of halogens is 2. The molecule has 3 N–H and O–H groups in total. The normalized spacial score (nSPS) is 6.73. The van der Waals surface area contributed by atoms with Crippen molar-refractivity contribution in [2.24, 2.45) is 7.05 Å². The smallest absolute Gasteiger partial charge is 0.177 e. The number of aryl methyl sites for hydroxylation is 2. The number of aromatic nitrogens is 1. The zero-order valence-corrected chi connectivity index (χ0v) is 11.2. The Hall–Kier alpha value is 0.570. The first kappa shape index (κ1) is 17.6. The van der Waals surface area contributed by atoms with Crippen LogP contribution in [0.5, 0.6) is 0 Å². The number of pyridine rings is 1. The Balaban J connectivity index is -0.000000213. The van der Waals surface area contributed by atoms with Gasteiger partial charge in [0.2, 0.25) is 0 Å². The van der Waals surface area contributed by atoms with Crippen molar-refractivity contribution in [3.05, 3.63) is 30.1 Å². The lowest BCUT2D eigenvalue weighted by atomic mass is 10.4. The molecule has 11 heavy (non-hydrogen) atoms. The Bertz CT molecular complexity index is 171. The van der Waals surface area contributed by atoms with Gasteiger partial charge in [-0.25, -0.2) is 4.57 Å². The lowest BCUT2D eigenvalue weighted by molar-refractivity contribution is -0.677. The summed E-state index contributed by atoms with van der Waals surface area (Å²) in [5, 5.41) is 0. The van der Waals surface area contributed by atoms with Crippen molar-refractivity contribution in [1.82, 2.24) is 6.15 Å². The van der Waals surface area contributed by atoms with E-state index in [1.807, 2.05) is 25.4 Å². The average molecular weight is 380 g/mol. The largest absolute Gasteiger partial charge is 1.00 e. The van der Waals surface area contributed by atoms with Crippen LogP contribution in [0.2, 0.25) is 0 Å². The Labute approximate surface area is 102 Å². The summed E-state index contributed by atoms with van der Waals surface area (Å²) < 4.78 is 2.08. The van der Waals surface area contributed by atoms with E-state index in [4.69, 9.17) is 0 Å². The van der Waals surface area contributed by atoms with Crippen LogP contribution in [0.25, 0.3) is 0 Å². The number of nitrogens with zero attached hydrogens (tertiary/aromatic N) is 1. The Morgan fingerprint density at radius 1 is 1.27 bits per heavy atom. The lowest BCUT2D eigenvalue weighted by Gasteiger charge is -1.87.